The number of fused-ring (bicyclic) bond motifs is 1. The monoisotopic (exact) mass is 447 g/mol. The normalized spacial score (nSPS) is 14.0. The van der Waals surface area contributed by atoms with Gasteiger partial charge >= 0.3 is 0 Å². The summed E-state index contributed by atoms with van der Waals surface area (Å²) >= 11 is 1.84. The number of benzene rings is 2. The van der Waals surface area contributed by atoms with Gasteiger partial charge in [-0.1, -0.05) is 44.2 Å². The number of thiophene rings is 1. The van der Waals surface area contributed by atoms with E-state index in [0.29, 0.717) is 12.1 Å². The minimum Gasteiger partial charge on any atom is -0.367 e. The van der Waals surface area contributed by atoms with Crippen LogP contribution in [-0.4, -0.2) is 18.4 Å². The van der Waals surface area contributed by atoms with Crippen molar-refractivity contribution in [3.8, 4) is 0 Å². The van der Waals surface area contributed by atoms with E-state index in [1.54, 1.807) is 0 Å². The van der Waals surface area contributed by atoms with Crippen molar-refractivity contribution in [3.63, 3.8) is 0 Å². The minimum absolute atomic E-state index is 0.128. The molecule has 166 valence electrons. The molecule has 1 aromatic heterocycles. The molecule has 1 aliphatic rings. The van der Waals surface area contributed by atoms with Gasteiger partial charge in [-0.05, 0) is 59.2 Å². The second-order valence-corrected chi connectivity index (χ2v) is 9.59. The van der Waals surface area contributed by atoms with Crippen LogP contribution >= 0.6 is 11.3 Å². The summed E-state index contributed by atoms with van der Waals surface area (Å²) in [5, 5.41) is 8.03. The number of hydrogen-bond acceptors (Lipinski definition) is 4. The van der Waals surface area contributed by atoms with Crippen LogP contribution in [0.1, 0.15) is 42.3 Å². The molecule has 1 atom stereocenters. The first kappa shape index (κ1) is 22.1. The van der Waals surface area contributed by atoms with Crippen LogP contribution in [0.2, 0.25) is 0 Å². The summed E-state index contributed by atoms with van der Waals surface area (Å²) in [6, 6.07) is 18.8. The van der Waals surface area contributed by atoms with Crippen LogP contribution < -0.4 is 15.5 Å². The highest BCUT2D eigenvalue weighted by molar-refractivity contribution is 7.10. The van der Waals surface area contributed by atoms with Crippen molar-refractivity contribution in [2.45, 2.75) is 39.3 Å². The highest BCUT2D eigenvalue weighted by atomic mass is 32.1. The van der Waals surface area contributed by atoms with Crippen LogP contribution in [0.25, 0.3) is 0 Å². The van der Waals surface area contributed by atoms with Gasteiger partial charge in [-0.15, -0.1) is 11.3 Å². The van der Waals surface area contributed by atoms with Crippen LogP contribution in [-0.2, 0) is 22.6 Å². The molecule has 4 rings (SSSR count). The topological polar surface area (TPSA) is 61.4 Å². The zero-order chi connectivity index (χ0) is 22.5. The molecule has 1 aliphatic heterocycles. The van der Waals surface area contributed by atoms with Gasteiger partial charge in [0.2, 0.25) is 5.91 Å². The Bertz CT molecular complexity index is 1060. The third-order valence-corrected chi connectivity index (χ3v) is 6.62. The molecule has 2 heterocycles. The first-order chi connectivity index (χ1) is 15.5. The van der Waals surface area contributed by atoms with E-state index in [9.17, 15) is 9.59 Å². The zero-order valence-electron chi connectivity index (χ0n) is 18.5. The third kappa shape index (κ3) is 5.37. The Morgan fingerprint density at radius 1 is 1.03 bits per heavy atom. The maximum absolute atomic E-state index is 13.1. The Balaban J connectivity index is 1.44. The van der Waals surface area contributed by atoms with Gasteiger partial charge < -0.3 is 15.5 Å². The fourth-order valence-electron chi connectivity index (χ4n) is 3.98. The molecular weight excluding hydrogens is 418 g/mol. The standard InChI is InChI=1S/C26H29N3O2S/c1-18(2)16-24(30)28-25(19-6-4-3-5-7-19)26(31)27-21-8-10-22(11-9-21)29-14-12-23-20(17-29)13-15-32-23/h3-11,13,15,18,25H,12,14,16-17H2,1-2H3,(H,27,31)(H,28,30). The van der Waals surface area contributed by atoms with Gasteiger partial charge in [-0.25, -0.2) is 0 Å². The lowest BCUT2D eigenvalue weighted by atomic mass is 10.0. The van der Waals surface area contributed by atoms with E-state index in [-0.39, 0.29) is 17.7 Å². The van der Waals surface area contributed by atoms with Crippen molar-refractivity contribution in [2.24, 2.45) is 5.92 Å². The van der Waals surface area contributed by atoms with Crippen LogP contribution in [0.3, 0.4) is 0 Å². The van der Waals surface area contributed by atoms with Gasteiger partial charge in [0.05, 0.1) is 0 Å². The molecule has 0 fully saturated rings. The summed E-state index contributed by atoms with van der Waals surface area (Å²) in [7, 11) is 0. The van der Waals surface area contributed by atoms with Crippen molar-refractivity contribution < 1.29 is 9.59 Å². The molecule has 32 heavy (non-hydrogen) atoms. The van der Waals surface area contributed by atoms with Gasteiger partial charge in [0.15, 0.2) is 0 Å². The van der Waals surface area contributed by atoms with Crippen LogP contribution in [0.5, 0.6) is 0 Å². The lowest BCUT2D eigenvalue weighted by Gasteiger charge is -2.29. The number of anilines is 2. The van der Waals surface area contributed by atoms with Crippen molar-refractivity contribution in [1.82, 2.24) is 5.32 Å². The molecule has 6 heteroatoms. The Kier molecular flexibility index (Phi) is 6.90. The highest BCUT2D eigenvalue weighted by Crippen LogP contribution is 2.28. The highest BCUT2D eigenvalue weighted by Gasteiger charge is 2.23. The second-order valence-electron chi connectivity index (χ2n) is 8.59. The molecule has 0 spiro atoms. The maximum atomic E-state index is 13.1. The summed E-state index contributed by atoms with van der Waals surface area (Å²) in [5.41, 5.74) is 4.02. The molecular formula is C26H29N3O2S. The summed E-state index contributed by atoms with van der Waals surface area (Å²) in [4.78, 5) is 29.3. The lowest BCUT2D eigenvalue weighted by molar-refractivity contribution is -0.127. The number of nitrogens with one attached hydrogen (secondary N) is 2. The van der Waals surface area contributed by atoms with Gasteiger partial charge in [-0.2, -0.15) is 0 Å². The largest absolute Gasteiger partial charge is 0.367 e. The average Bonchev–Trinajstić information content (AvgIpc) is 3.26. The molecule has 2 amide bonds. The van der Waals surface area contributed by atoms with Crippen molar-refractivity contribution >= 4 is 34.5 Å². The fourth-order valence-corrected chi connectivity index (χ4v) is 4.86. The predicted octanol–water partition coefficient (Wildman–Crippen LogP) is 5.15. The first-order valence-corrected chi connectivity index (χ1v) is 11.9. The number of hydrogen-bond donors (Lipinski definition) is 2. The van der Waals surface area contributed by atoms with Crippen molar-refractivity contribution in [1.29, 1.82) is 0 Å². The summed E-state index contributed by atoms with van der Waals surface area (Å²) < 4.78 is 0. The molecule has 0 radical (unpaired) electrons. The van der Waals surface area contributed by atoms with Crippen molar-refractivity contribution in [3.05, 3.63) is 82.0 Å². The first-order valence-electron chi connectivity index (χ1n) is 11.0. The fraction of sp³-hybridized carbons (Fsp3) is 0.308. The Morgan fingerprint density at radius 2 is 1.78 bits per heavy atom. The summed E-state index contributed by atoms with van der Waals surface area (Å²) in [6.45, 7) is 5.89. The smallest absolute Gasteiger partial charge is 0.251 e. The Hall–Kier alpha value is -3.12. The van der Waals surface area contributed by atoms with E-state index in [4.69, 9.17) is 0 Å². The molecule has 5 nitrogen and oxygen atoms in total. The molecule has 2 aromatic carbocycles. The molecule has 0 saturated carbocycles. The summed E-state index contributed by atoms with van der Waals surface area (Å²) in [5.74, 6) is -0.152. The SMILES string of the molecule is CC(C)CC(=O)NC(C(=O)Nc1ccc(N2CCc3sccc3C2)cc1)c1ccccc1. The van der Waals surface area contributed by atoms with Gasteiger partial charge in [0.25, 0.3) is 5.91 Å². The molecule has 1 unspecified atom stereocenters. The van der Waals surface area contributed by atoms with E-state index < -0.39 is 6.04 Å². The quantitative estimate of drug-likeness (QED) is 0.526. The predicted molar refractivity (Wildman–Crippen MR) is 131 cm³/mol. The number of carbonyl (C=O) groups excluding carboxylic acids is 2. The third-order valence-electron chi connectivity index (χ3n) is 5.60. The number of rotatable bonds is 7. The van der Waals surface area contributed by atoms with E-state index in [1.807, 2.05) is 79.8 Å². The van der Waals surface area contributed by atoms with E-state index in [0.717, 1.165) is 30.8 Å². The number of carbonyl (C=O) groups is 2. The molecule has 2 N–H and O–H groups in total. The zero-order valence-corrected chi connectivity index (χ0v) is 19.3. The van der Waals surface area contributed by atoms with E-state index in [1.165, 1.54) is 10.4 Å². The second kappa shape index (κ2) is 10.0. The number of amides is 2. The van der Waals surface area contributed by atoms with Crippen molar-refractivity contribution in [2.75, 3.05) is 16.8 Å². The van der Waals surface area contributed by atoms with E-state index in [2.05, 4.69) is 27.0 Å². The maximum Gasteiger partial charge on any atom is 0.251 e. The number of nitrogens with zero attached hydrogens (tertiary/aromatic N) is 1. The Morgan fingerprint density at radius 3 is 2.50 bits per heavy atom. The molecule has 3 aromatic rings. The lowest BCUT2D eigenvalue weighted by Crippen LogP contribution is -2.37. The van der Waals surface area contributed by atoms with Gasteiger partial charge in [-0.3, -0.25) is 9.59 Å². The summed E-state index contributed by atoms with van der Waals surface area (Å²) in [6.07, 6.45) is 1.45. The van der Waals surface area contributed by atoms with E-state index >= 15 is 0 Å². The molecule has 0 saturated heterocycles. The van der Waals surface area contributed by atoms with Crippen LogP contribution in [0.4, 0.5) is 11.4 Å². The van der Waals surface area contributed by atoms with Gasteiger partial charge in [0, 0.05) is 35.8 Å². The van der Waals surface area contributed by atoms with Crippen LogP contribution in [0.15, 0.2) is 66.0 Å². The molecule has 0 bridgehead atoms. The average molecular weight is 448 g/mol. The minimum atomic E-state index is -0.735. The molecule has 0 aliphatic carbocycles. The van der Waals surface area contributed by atoms with Crippen LogP contribution in [0, 0.1) is 5.92 Å². The van der Waals surface area contributed by atoms with Gasteiger partial charge in [0.1, 0.15) is 6.04 Å². The Labute approximate surface area is 193 Å².